The molecular formula is C15H22N2O4. The summed E-state index contributed by atoms with van der Waals surface area (Å²) in [5, 5.41) is 19.5. The normalized spacial score (nSPS) is 12.0. The number of rotatable bonds is 8. The Bertz CT molecular complexity index is 471. The standard InChI is InChI=1S/C15H22N2O4/c1-11(18)7-9-16-17(12(2)19)10-8-13-3-5-14(6-4-13)15(20)21/h3-6,11,16,18H,7-10H2,1-2H3,(H,20,21). The van der Waals surface area contributed by atoms with Gasteiger partial charge >= 0.3 is 5.97 Å². The third kappa shape index (κ3) is 6.37. The van der Waals surface area contributed by atoms with Gasteiger partial charge < -0.3 is 10.2 Å². The number of benzene rings is 1. The van der Waals surface area contributed by atoms with Crippen molar-refractivity contribution in [2.24, 2.45) is 0 Å². The fourth-order valence-electron chi connectivity index (χ4n) is 1.81. The second kappa shape index (κ2) is 8.39. The number of carboxylic acids is 1. The van der Waals surface area contributed by atoms with Crippen LogP contribution in [0, 0.1) is 0 Å². The average molecular weight is 294 g/mol. The van der Waals surface area contributed by atoms with Crippen molar-refractivity contribution in [3.63, 3.8) is 0 Å². The summed E-state index contributed by atoms with van der Waals surface area (Å²) in [7, 11) is 0. The van der Waals surface area contributed by atoms with Crippen molar-refractivity contribution < 1.29 is 19.8 Å². The van der Waals surface area contributed by atoms with Gasteiger partial charge in [-0.3, -0.25) is 9.80 Å². The molecule has 0 aliphatic heterocycles. The van der Waals surface area contributed by atoms with Gasteiger partial charge in [-0.2, -0.15) is 0 Å². The minimum atomic E-state index is -0.952. The minimum Gasteiger partial charge on any atom is -0.478 e. The number of nitrogens with one attached hydrogen (secondary N) is 1. The zero-order chi connectivity index (χ0) is 15.8. The molecule has 3 N–H and O–H groups in total. The number of carbonyl (C=O) groups is 2. The van der Waals surface area contributed by atoms with Gasteiger partial charge in [0, 0.05) is 20.0 Å². The number of carboxylic acid groups (broad SMARTS) is 1. The van der Waals surface area contributed by atoms with E-state index in [9.17, 15) is 14.7 Å². The Hall–Kier alpha value is -1.92. The summed E-state index contributed by atoms with van der Waals surface area (Å²) in [6, 6.07) is 6.60. The molecule has 0 aromatic heterocycles. The minimum absolute atomic E-state index is 0.0947. The van der Waals surface area contributed by atoms with E-state index in [4.69, 9.17) is 5.11 Å². The molecule has 0 aliphatic rings. The number of amides is 1. The van der Waals surface area contributed by atoms with Gasteiger partial charge in [-0.25, -0.2) is 10.2 Å². The van der Waals surface area contributed by atoms with Crippen LogP contribution in [0.2, 0.25) is 0 Å². The molecule has 21 heavy (non-hydrogen) atoms. The number of hydrogen-bond donors (Lipinski definition) is 3. The van der Waals surface area contributed by atoms with Crippen LogP contribution in [0.25, 0.3) is 0 Å². The quantitative estimate of drug-likeness (QED) is 0.624. The molecule has 1 amide bonds. The predicted octanol–water partition coefficient (Wildman–Crippen LogP) is 1.05. The van der Waals surface area contributed by atoms with Crippen molar-refractivity contribution in [2.45, 2.75) is 32.8 Å². The van der Waals surface area contributed by atoms with Crippen molar-refractivity contribution in [1.82, 2.24) is 10.4 Å². The van der Waals surface area contributed by atoms with Gasteiger partial charge in [0.25, 0.3) is 0 Å². The summed E-state index contributed by atoms with van der Waals surface area (Å²) >= 11 is 0. The number of aliphatic hydroxyl groups is 1. The van der Waals surface area contributed by atoms with Crippen molar-refractivity contribution in [3.05, 3.63) is 35.4 Å². The second-order valence-electron chi connectivity index (χ2n) is 4.97. The summed E-state index contributed by atoms with van der Waals surface area (Å²) in [6.07, 6.45) is 0.785. The number of hydrazine groups is 1. The fourth-order valence-corrected chi connectivity index (χ4v) is 1.81. The van der Waals surface area contributed by atoms with Gasteiger partial charge in [-0.15, -0.1) is 0 Å². The Morgan fingerprint density at radius 1 is 1.29 bits per heavy atom. The average Bonchev–Trinajstić information content (AvgIpc) is 2.42. The Balaban J connectivity index is 2.48. The van der Waals surface area contributed by atoms with E-state index < -0.39 is 12.1 Å². The van der Waals surface area contributed by atoms with Crippen LogP contribution >= 0.6 is 0 Å². The van der Waals surface area contributed by atoms with E-state index in [1.54, 1.807) is 31.2 Å². The first-order valence-electron chi connectivity index (χ1n) is 6.92. The van der Waals surface area contributed by atoms with E-state index in [1.807, 2.05) is 0 Å². The molecule has 0 aliphatic carbocycles. The Morgan fingerprint density at radius 3 is 2.38 bits per heavy atom. The molecule has 1 rings (SSSR count). The molecule has 0 saturated carbocycles. The number of nitrogens with zero attached hydrogens (tertiary/aromatic N) is 1. The van der Waals surface area contributed by atoms with Gasteiger partial charge in [-0.1, -0.05) is 12.1 Å². The SMILES string of the molecule is CC(=O)N(CCc1ccc(C(=O)O)cc1)NCCC(C)O. The maximum absolute atomic E-state index is 11.5. The molecule has 0 fully saturated rings. The molecule has 1 atom stereocenters. The zero-order valence-electron chi connectivity index (χ0n) is 12.4. The molecule has 0 saturated heterocycles. The van der Waals surface area contributed by atoms with Gasteiger partial charge in [0.05, 0.1) is 11.7 Å². The number of carbonyl (C=O) groups excluding carboxylic acids is 1. The first kappa shape index (κ1) is 17.1. The first-order valence-corrected chi connectivity index (χ1v) is 6.92. The molecule has 116 valence electrons. The van der Waals surface area contributed by atoms with Crippen molar-refractivity contribution in [3.8, 4) is 0 Å². The Morgan fingerprint density at radius 2 is 1.90 bits per heavy atom. The number of aliphatic hydroxyl groups excluding tert-OH is 1. The highest BCUT2D eigenvalue weighted by atomic mass is 16.4. The summed E-state index contributed by atoms with van der Waals surface area (Å²) in [6.45, 7) is 4.18. The zero-order valence-corrected chi connectivity index (χ0v) is 12.4. The second-order valence-corrected chi connectivity index (χ2v) is 4.97. The van der Waals surface area contributed by atoms with E-state index >= 15 is 0 Å². The van der Waals surface area contributed by atoms with Crippen molar-refractivity contribution >= 4 is 11.9 Å². The van der Waals surface area contributed by atoms with Crippen LogP contribution in [0.3, 0.4) is 0 Å². The van der Waals surface area contributed by atoms with Gasteiger partial charge in [0.1, 0.15) is 0 Å². The largest absolute Gasteiger partial charge is 0.478 e. The molecule has 0 spiro atoms. The van der Waals surface area contributed by atoms with Gasteiger partial charge in [0.2, 0.25) is 5.91 Å². The molecule has 0 radical (unpaired) electrons. The van der Waals surface area contributed by atoms with E-state index in [0.29, 0.717) is 25.9 Å². The van der Waals surface area contributed by atoms with E-state index in [-0.39, 0.29) is 11.5 Å². The van der Waals surface area contributed by atoms with Crippen LogP contribution in [0.15, 0.2) is 24.3 Å². The molecule has 6 nitrogen and oxygen atoms in total. The molecule has 1 unspecified atom stereocenters. The molecule has 1 aromatic carbocycles. The number of aromatic carboxylic acids is 1. The monoisotopic (exact) mass is 294 g/mol. The van der Waals surface area contributed by atoms with E-state index in [0.717, 1.165) is 5.56 Å². The van der Waals surface area contributed by atoms with Crippen LogP contribution in [0.1, 0.15) is 36.2 Å². The summed E-state index contributed by atoms with van der Waals surface area (Å²) in [5.74, 6) is -1.05. The molecule has 1 aromatic rings. The molecule has 0 heterocycles. The van der Waals surface area contributed by atoms with Gasteiger partial charge in [-0.05, 0) is 37.5 Å². The fraction of sp³-hybridized carbons (Fsp3) is 0.467. The van der Waals surface area contributed by atoms with E-state index in [1.165, 1.54) is 11.9 Å². The topological polar surface area (TPSA) is 89.9 Å². The summed E-state index contributed by atoms with van der Waals surface area (Å²) in [4.78, 5) is 22.3. The smallest absolute Gasteiger partial charge is 0.335 e. The van der Waals surface area contributed by atoms with Crippen LogP contribution in [0.4, 0.5) is 0 Å². The van der Waals surface area contributed by atoms with Crippen LogP contribution in [0.5, 0.6) is 0 Å². The summed E-state index contributed by atoms with van der Waals surface area (Å²) in [5.41, 5.74) is 4.19. The first-order chi connectivity index (χ1) is 9.90. The highest BCUT2D eigenvalue weighted by Gasteiger charge is 2.09. The number of hydrogen-bond acceptors (Lipinski definition) is 4. The highest BCUT2D eigenvalue weighted by Crippen LogP contribution is 2.06. The maximum atomic E-state index is 11.5. The van der Waals surface area contributed by atoms with Gasteiger partial charge in [0.15, 0.2) is 0 Å². The Kier molecular flexibility index (Phi) is 6.84. The van der Waals surface area contributed by atoms with Crippen LogP contribution < -0.4 is 5.43 Å². The molecule has 0 bridgehead atoms. The lowest BCUT2D eigenvalue weighted by Crippen LogP contribution is -2.43. The maximum Gasteiger partial charge on any atom is 0.335 e. The van der Waals surface area contributed by atoms with E-state index in [2.05, 4.69) is 5.43 Å². The molecular weight excluding hydrogens is 272 g/mol. The van der Waals surface area contributed by atoms with Crippen molar-refractivity contribution in [1.29, 1.82) is 0 Å². The third-order valence-corrected chi connectivity index (χ3v) is 3.07. The van der Waals surface area contributed by atoms with Crippen molar-refractivity contribution in [2.75, 3.05) is 13.1 Å². The third-order valence-electron chi connectivity index (χ3n) is 3.07. The lowest BCUT2D eigenvalue weighted by atomic mass is 10.1. The predicted molar refractivity (Wildman–Crippen MR) is 78.8 cm³/mol. The highest BCUT2D eigenvalue weighted by molar-refractivity contribution is 5.87. The summed E-state index contributed by atoms with van der Waals surface area (Å²) < 4.78 is 0. The molecule has 6 heteroatoms. The lowest BCUT2D eigenvalue weighted by Gasteiger charge is -2.22. The van der Waals surface area contributed by atoms with Crippen LogP contribution in [-0.4, -0.2) is 46.3 Å². The lowest BCUT2D eigenvalue weighted by molar-refractivity contribution is -0.132. The Labute approximate surface area is 124 Å². The van der Waals surface area contributed by atoms with Crippen LogP contribution in [-0.2, 0) is 11.2 Å².